The molecular weight excluding hydrogens is 210 g/mol. The number of hydrogen-bond donors (Lipinski definition) is 1. The van der Waals surface area contributed by atoms with Crippen LogP contribution in [0.25, 0.3) is 0 Å². The summed E-state index contributed by atoms with van der Waals surface area (Å²) in [7, 11) is 1.66. The molecule has 0 aliphatic heterocycles. The van der Waals surface area contributed by atoms with E-state index < -0.39 is 0 Å². The number of benzene rings is 2. The lowest BCUT2D eigenvalue weighted by atomic mass is 9.96. The number of hydrogen-bond acceptors (Lipinski definition) is 2. The van der Waals surface area contributed by atoms with E-state index in [1.165, 1.54) is 5.56 Å². The van der Waals surface area contributed by atoms with Crippen molar-refractivity contribution in [1.82, 2.24) is 0 Å². The Balaban J connectivity index is 2.30. The second-order valence-corrected chi connectivity index (χ2v) is 4.11. The Morgan fingerprint density at radius 2 is 1.65 bits per heavy atom. The third-order valence-electron chi connectivity index (χ3n) is 3.00. The zero-order valence-electron chi connectivity index (χ0n) is 10.2. The predicted molar refractivity (Wildman–Crippen MR) is 70.2 cm³/mol. The Morgan fingerprint density at radius 3 is 2.24 bits per heavy atom. The second-order valence-electron chi connectivity index (χ2n) is 4.11. The van der Waals surface area contributed by atoms with Crippen LogP contribution in [0.4, 0.5) is 0 Å². The minimum atomic E-state index is -0.0814. The zero-order valence-corrected chi connectivity index (χ0v) is 10.2. The highest BCUT2D eigenvalue weighted by Crippen LogP contribution is 2.24. The van der Waals surface area contributed by atoms with E-state index in [4.69, 9.17) is 10.5 Å². The summed E-state index contributed by atoms with van der Waals surface area (Å²) in [6.45, 7) is 2.08. The fraction of sp³-hybridized carbons (Fsp3) is 0.200. The van der Waals surface area contributed by atoms with Crippen molar-refractivity contribution in [2.45, 2.75) is 13.0 Å². The van der Waals surface area contributed by atoms with E-state index in [1.54, 1.807) is 7.11 Å². The van der Waals surface area contributed by atoms with Crippen molar-refractivity contribution in [2.24, 2.45) is 5.73 Å². The molecule has 0 saturated heterocycles. The van der Waals surface area contributed by atoms with Gasteiger partial charge in [-0.1, -0.05) is 36.4 Å². The highest BCUT2D eigenvalue weighted by Gasteiger charge is 2.10. The van der Waals surface area contributed by atoms with Gasteiger partial charge in [0.2, 0.25) is 0 Å². The average molecular weight is 227 g/mol. The molecule has 0 aromatic heterocycles. The molecule has 2 nitrogen and oxygen atoms in total. The first-order valence-corrected chi connectivity index (χ1v) is 5.67. The van der Waals surface area contributed by atoms with Crippen LogP contribution in [0.5, 0.6) is 5.75 Å². The Morgan fingerprint density at radius 1 is 1.00 bits per heavy atom. The van der Waals surface area contributed by atoms with Gasteiger partial charge in [0.05, 0.1) is 13.2 Å². The van der Waals surface area contributed by atoms with Crippen LogP contribution in [0, 0.1) is 6.92 Å². The smallest absolute Gasteiger partial charge is 0.118 e. The topological polar surface area (TPSA) is 35.2 Å². The summed E-state index contributed by atoms with van der Waals surface area (Å²) in [5, 5.41) is 0. The molecule has 1 unspecified atom stereocenters. The molecule has 2 aromatic rings. The first kappa shape index (κ1) is 11.7. The highest BCUT2D eigenvalue weighted by molar-refractivity contribution is 5.38. The van der Waals surface area contributed by atoms with E-state index in [9.17, 15) is 0 Å². The summed E-state index contributed by atoms with van der Waals surface area (Å²) < 4.78 is 5.14. The van der Waals surface area contributed by atoms with Crippen molar-refractivity contribution in [3.63, 3.8) is 0 Å². The largest absolute Gasteiger partial charge is 0.497 e. The van der Waals surface area contributed by atoms with Crippen LogP contribution in [0.3, 0.4) is 0 Å². The summed E-state index contributed by atoms with van der Waals surface area (Å²) in [5.41, 5.74) is 9.75. The van der Waals surface area contributed by atoms with Crippen LogP contribution in [-0.2, 0) is 0 Å². The molecule has 0 amide bonds. The molecule has 17 heavy (non-hydrogen) atoms. The molecule has 0 bridgehead atoms. The average Bonchev–Trinajstić information content (AvgIpc) is 2.39. The molecule has 2 aromatic carbocycles. The molecule has 0 spiro atoms. The Bertz CT molecular complexity index is 491. The van der Waals surface area contributed by atoms with Gasteiger partial charge in [-0.05, 0) is 35.7 Å². The van der Waals surface area contributed by atoms with E-state index >= 15 is 0 Å². The molecule has 0 heterocycles. The number of nitrogens with two attached hydrogens (primary N) is 1. The quantitative estimate of drug-likeness (QED) is 0.874. The molecule has 2 N–H and O–H groups in total. The first-order valence-electron chi connectivity index (χ1n) is 5.67. The van der Waals surface area contributed by atoms with Crippen LogP contribution in [0.15, 0.2) is 48.5 Å². The number of rotatable bonds is 3. The van der Waals surface area contributed by atoms with Crippen molar-refractivity contribution < 1.29 is 4.74 Å². The SMILES string of the molecule is COc1ccc(C(N)c2ccccc2C)cc1. The molecule has 1 atom stereocenters. The summed E-state index contributed by atoms with van der Waals surface area (Å²) >= 11 is 0. The van der Waals surface area contributed by atoms with Gasteiger partial charge in [-0.2, -0.15) is 0 Å². The predicted octanol–water partition coefficient (Wildman–Crippen LogP) is 3.05. The fourth-order valence-corrected chi connectivity index (χ4v) is 1.93. The van der Waals surface area contributed by atoms with Gasteiger partial charge in [-0.3, -0.25) is 0 Å². The van der Waals surface area contributed by atoms with E-state index in [1.807, 2.05) is 36.4 Å². The van der Waals surface area contributed by atoms with Gasteiger partial charge in [0, 0.05) is 0 Å². The van der Waals surface area contributed by atoms with Crippen LogP contribution in [-0.4, -0.2) is 7.11 Å². The molecule has 0 saturated carbocycles. The molecule has 0 aliphatic rings. The molecule has 2 heteroatoms. The van der Waals surface area contributed by atoms with Gasteiger partial charge in [0.25, 0.3) is 0 Å². The van der Waals surface area contributed by atoms with E-state index in [0.717, 1.165) is 16.9 Å². The standard InChI is InChI=1S/C15H17NO/c1-11-5-3-4-6-14(11)15(16)12-7-9-13(17-2)10-8-12/h3-10,15H,16H2,1-2H3. The third-order valence-corrected chi connectivity index (χ3v) is 3.00. The fourth-order valence-electron chi connectivity index (χ4n) is 1.93. The highest BCUT2D eigenvalue weighted by atomic mass is 16.5. The summed E-state index contributed by atoms with van der Waals surface area (Å²) in [4.78, 5) is 0. The zero-order chi connectivity index (χ0) is 12.3. The van der Waals surface area contributed by atoms with Crippen molar-refractivity contribution in [3.8, 4) is 5.75 Å². The van der Waals surface area contributed by atoms with Gasteiger partial charge in [0.15, 0.2) is 0 Å². The first-order chi connectivity index (χ1) is 8.22. The lowest BCUT2D eigenvalue weighted by Crippen LogP contribution is -2.12. The second kappa shape index (κ2) is 5.02. The third kappa shape index (κ3) is 2.48. The molecule has 2 rings (SSSR count). The van der Waals surface area contributed by atoms with Crippen molar-refractivity contribution >= 4 is 0 Å². The van der Waals surface area contributed by atoms with Crippen molar-refractivity contribution in [2.75, 3.05) is 7.11 Å². The monoisotopic (exact) mass is 227 g/mol. The maximum Gasteiger partial charge on any atom is 0.118 e. The Hall–Kier alpha value is -1.80. The van der Waals surface area contributed by atoms with Crippen LogP contribution in [0.1, 0.15) is 22.7 Å². The van der Waals surface area contributed by atoms with Crippen molar-refractivity contribution in [3.05, 3.63) is 65.2 Å². The summed E-state index contributed by atoms with van der Waals surface area (Å²) in [5.74, 6) is 0.853. The molecule has 0 radical (unpaired) electrons. The van der Waals surface area contributed by atoms with Crippen LogP contribution < -0.4 is 10.5 Å². The number of ether oxygens (including phenoxy) is 1. The molecule has 0 fully saturated rings. The van der Waals surface area contributed by atoms with Crippen LogP contribution >= 0.6 is 0 Å². The lowest BCUT2D eigenvalue weighted by molar-refractivity contribution is 0.414. The molecule has 88 valence electrons. The summed E-state index contributed by atoms with van der Waals surface area (Å²) in [6.07, 6.45) is 0. The molecule has 0 aliphatic carbocycles. The van der Waals surface area contributed by atoms with E-state index in [2.05, 4.69) is 19.1 Å². The minimum absolute atomic E-state index is 0.0814. The van der Waals surface area contributed by atoms with E-state index in [0.29, 0.717) is 0 Å². The van der Waals surface area contributed by atoms with Gasteiger partial charge < -0.3 is 10.5 Å². The lowest BCUT2D eigenvalue weighted by Gasteiger charge is -2.15. The van der Waals surface area contributed by atoms with Gasteiger partial charge in [0.1, 0.15) is 5.75 Å². The minimum Gasteiger partial charge on any atom is -0.497 e. The number of aryl methyl sites for hydroxylation is 1. The Labute approximate surface area is 102 Å². The maximum absolute atomic E-state index is 6.27. The number of methoxy groups -OCH3 is 1. The van der Waals surface area contributed by atoms with Crippen molar-refractivity contribution in [1.29, 1.82) is 0 Å². The Kier molecular flexibility index (Phi) is 3.45. The van der Waals surface area contributed by atoms with Crippen LogP contribution in [0.2, 0.25) is 0 Å². The van der Waals surface area contributed by atoms with E-state index in [-0.39, 0.29) is 6.04 Å². The molecular formula is C15H17NO. The normalized spacial score (nSPS) is 12.2. The summed E-state index contributed by atoms with van der Waals surface area (Å²) in [6, 6.07) is 16.0. The van der Waals surface area contributed by atoms with Gasteiger partial charge >= 0.3 is 0 Å². The maximum atomic E-state index is 6.27. The van der Waals surface area contributed by atoms with Gasteiger partial charge in [-0.15, -0.1) is 0 Å². The van der Waals surface area contributed by atoms with Gasteiger partial charge in [-0.25, -0.2) is 0 Å².